The molecule has 3 rings (SSSR count). The second-order valence-electron chi connectivity index (χ2n) is 6.45. The predicted octanol–water partition coefficient (Wildman–Crippen LogP) is 2.55. The van der Waals surface area contributed by atoms with Crippen LogP contribution < -0.4 is 10.0 Å². The number of hydrogen-bond acceptors (Lipinski definition) is 6. The van der Waals surface area contributed by atoms with Crippen molar-refractivity contribution in [3.8, 4) is 0 Å². The van der Waals surface area contributed by atoms with Gasteiger partial charge in [-0.3, -0.25) is 5.10 Å². The van der Waals surface area contributed by atoms with Crippen LogP contribution >= 0.6 is 11.8 Å². The summed E-state index contributed by atoms with van der Waals surface area (Å²) in [4.78, 5) is 18.3. The highest BCUT2D eigenvalue weighted by molar-refractivity contribution is 8.04. The van der Waals surface area contributed by atoms with Gasteiger partial charge in [-0.1, -0.05) is 13.0 Å². The summed E-state index contributed by atoms with van der Waals surface area (Å²) in [6.45, 7) is 6.28. The first kappa shape index (κ1) is 18.5. The van der Waals surface area contributed by atoms with Crippen molar-refractivity contribution in [3.05, 3.63) is 40.1 Å². The Labute approximate surface area is 157 Å². The van der Waals surface area contributed by atoms with Crippen LogP contribution in [0.25, 0.3) is 6.08 Å². The van der Waals surface area contributed by atoms with Crippen molar-refractivity contribution in [2.45, 2.75) is 44.7 Å². The number of aromatic amines is 1. The fourth-order valence-corrected chi connectivity index (χ4v) is 3.86. The number of anilines is 1. The van der Waals surface area contributed by atoms with E-state index in [4.69, 9.17) is 0 Å². The third-order valence-electron chi connectivity index (χ3n) is 4.37. The lowest BCUT2D eigenvalue weighted by molar-refractivity contribution is -0.297. The minimum atomic E-state index is -1.22. The summed E-state index contributed by atoms with van der Waals surface area (Å²) in [5.74, 6) is -0.461. The van der Waals surface area contributed by atoms with E-state index in [2.05, 4.69) is 40.0 Å². The molecule has 1 fully saturated rings. The number of aromatic nitrogens is 3. The van der Waals surface area contributed by atoms with Crippen molar-refractivity contribution in [1.29, 1.82) is 0 Å². The SMILES string of the molecule is CCCc1nc(S/C(=C/c2ccc(N3CCCC3)c(C)c2)C(=O)[O-])n[nH]1. The van der Waals surface area contributed by atoms with Gasteiger partial charge in [0.15, 0.2) is 0 Å². The molecule has 1 aliphatic rings. The van der Waals surface area contributed by atoms with Gasteiger partial charge in [-0.2, -0.15) is 0 Å². The number of hydrogen-bond donors (Lipinski definition) is 1. The molecule has 6 nitrogen and oxygen atoms in total. The molecule has 0 radical (unpaired) electrons. The van der Waals surface area contributed by atoms with Crippen molar-refractivity contribution in [2.75, 3.05) is 18.0 Å². The average Bonchev–Trinajstić information content (AvgIpc) is 3.27. The molecule has 0 spiro atoms. The van der Waals surface area contributed by atoms with Crippen LogP contribution in [0.1, 0.15) is 43.1 Å². The smallest absolute Gasteiger partial charge is 0.213 e. The zero-order valence-corrected chi connectivity index (χ0v) is 15.9. The van der Waals surface area contributed by atoms with E-state index in [0.717, 1.165) is 54.6 Å². The highest BCUT2D eigenvalue weighted by Crippen LogP contribution is 2.28. The molecule has 138 valence electrons. The molecule has 0 atom stereocenters. The van der Waals surface area contributed by atoms with Crippen LogP contribution in [0.2, 0.25) is 0 Å². The van der Waals surface area contributed by atoms with Gasteiger partial charge in [-0.25, -0.2) is 4.98 Å². The molecule has 0 amide bonds. The number of carboxylic acid groups (broad SMARTS) is 1. The van der Waals surface area contributed by atoms with Crippen LogP contribution in [-0.4, -0.2) is 34.2 Å². The van der Waals surface area contributed by atoms with E-state index in [-0.39, 0.29) is 4.91 Å². The molecule has 2 aromatic rings. The van der Waals surface area contributed by atoms with E-state index < -0.39 is 5.97 Å². The number of carboxylic acids is 1. The first-order valence-corrected chi connectivity index (χ1v) is 9.76. The maximum atomic E-state index is 11.5. The zero-order valence-electron chi connectivity index (χ0n) is 15.1. The highest BCUT2D eigenvalue weighted by atomic mass is 32.2. The number of nitrogens with one attached hydrogen (secondary N) is 1. The summed E-state index contributed by atoms with van der Waals surface area (Å²) in [5.41, 5.74) is 3.20. The molecule has 1 aromatic heterocycles. The third kappa shape index (κ3) is 4.46. The van der Waals surface area contributed by atoms with E-state index in [9.17, 15) is 9.90 Å². The number of nitrogens with zero attached hydrogens (tertiary/aromatic N) is 3. The second kappa shape index (κ2) is 8.40. The van der Waals surface area contributed by atoms with Crippen LogP contribution in [0, 0.1) is 6.92 Å². The van der Waals surface area contributed by atoms with Gasteiger partial charge in [0, 0.05) is 30.1 Å². The van der Waals surface area contributed by atoms with Gasteiger partial charge in [0.2, 0.25) is 5.16 Å². The Morgan fingerprint density at radius 2 is 2.15 bits per heavy atom. The molecule has 0 aliphatic carbocycles. The lowest BCUT2D eigenvalue weighted by atomic mass is 10.1. The van der Waals surface area contributed by atoms with Gasteiger partial charge in [-0.15, -0.1) is 5.10 Å². The Morgan fingerprint density at radius 1 is 1.38 bits per heavy atom. The summed E-state index contributed by atoms with van der Waals surface area (Å²) in [7, 11) is 0. The molecule has 1 aliphatic heterocycles. The van der Waals surface area contributed by atoms with Gasteiger partial charge < -0.3 is 14.8 Å². The van der Waals surface area contributed by atoms with E-state index >= 15 is 0 Å². The van der Waals surface area contributed by atoms with Gasteiger partial charge in [0.25, 0.3) is 0 Å². The summed E-state index contributed by atoms with van der Waals surface area (Å²) < 4.78 is 0. The van der Waals surface area contributed by atoms with Crippen LogP contribution in [-0.2, 0) is 11.2 Å². The maximum Gasteiger partial charge on any atom is 0.213 e. The lowest BCUT2D eigenvalue weighted by Crippen LogP contribution is -2.23. The van der Waals surface area contributed by atoms with Crippen molar-refractivity contribution >= 4 is 29.5 Å². The van der Waals surface area contributed by atoms with E-state index in [1.165, 1.54) is 18.5 Å². The molecule has 7 heteroatoms. The Kier molecular flexibility index (Phi) is 5.98. The number of rotatable bonds is 7. The number of H-pyrrole nitrogens is 1. The third-order valence-corrected chi connectivity index (χ3v) is 5.24. The first-order chi connectivity index (χ1) is 12.6. The Bertz CT molecular complexity index is 810. The summed E-state index contributed by atoms with van der Waals surface area (Å²) >= 11 is 1.01. The fraction of sp³-hybridized carbons (Fsp3) is 0.421. The average molecular weight is 371 g/mol. The molecule has 1 N–H and O–H groups in total. The molecule has 1 aromatic carbocycles. The van der Waals surface area contributed by atoms with Crippen LogP contribution in [0.5, 0.6) is 0 Å². The summed E-state index contributed by atoms with van der Waals surface area (Å²) in [6.07, 6.45) is 5.81. The zero-order chi connectivity index (χ0) is 18.5. The second-order valence-corrected chi connectivity index (χ2v) is 7.46. The molecular weight excluding hydrogens is 348 g/mol. The standard InChI is InChI=1S/C19H24N4O2S/c1-3-6-17-20-19(22-21-17)26-16(18(24)25)12-14-7-8-15(13(2)11-14)23-9-4-5-10-23/h7-8,11-12H,3-6,9-10H2,1-2H3,(H,24,25)(H,20,21,22)/p-1/b16-12+. The molecule has 26 heavy (non-hydrogen) atoms. The quantitative estimate of drug-likeness (QED) is 0.595. The summed E-state index contributed by atoms with van der Waals surface area (Å²) in [5, 5.41) is 18.8. The van der Waals surface area contributed by atoms with Crippen molar-refractivity contribution in [3.63, 3.8) is 0 Å². The van der Waals surface area contributed by atoms with Crippen molar-refractivity contribution in [2.24, 2.45) is 0 Å². The van der Waals surface area contributed by atoms with E-state index in [0.29, 0.717) is 5.16 Å². The molecule has 1 saturated heterocycles. The molecule has 0 saturated carbocycles. The molecular formula is C19H23N4O2S-. The Balaban J connectivity index is 1.79. The topological polar surface area (TPSA) is 84.9 Å². The van der Waals surface area contributed by atoms with Crippen LogP contribution in [0.15, 0.2) is 28.3 Å². The highest BCUT2D eigenvalue weighted by Gasteiger charge is 2.14. The largest absolute Gasteiger partial charge is 0.544 e. The fourth-order valence-electron chi connectivity index (χ4n) is 3.13. The minimum Gasteiger partial charge on any atom is -0.544 e. The van der Waals surface area contributed by atoms with Crippen LogP contribution in [0.4, 0.5) is 5.69 Å². The molecule has 2 heterocycles. The molecule has 0 unspecified atom stereocenters. The summed E-state index contributed by atoms with van der Waals surface area (Å²) in [6, 6.07) is 6.03. The predicted molar refractivity (Wildman–Crippen MR) is 102 cm³/mol. The monoisotopic (exact) mass is 371 g/mol. The number of benzene rings is 1. The number of aliphatic carboxylic acids is 1. The van der Waals surface area contributed by atoms with Crippen molar-refractivity contribution in [1.82, 2.24) is 15.2 Å². The van der Waals surface area contributed by atoms with Crippen LogP contribution in [0.3, 0.4) is 0 Å². The van der Waals surface area contributed by atoms with Gasteiger partial charge in [-0.05, 0) is 67.3 Å². The first-order valence-electron chi connectivity index (χ1n) is 8.94. The number of carbonyl (C=O) groups excluding carboxylic acids is 1. The maximum absolute atomic E-state index is 11.5. The van der Waals surface area contributed by atoms with Gasteiger partial charge >= 0.3 is 0 Å². The number of thioether (sulfide) groups is 1. The van der Waals surface area contributed by atoms with Crippen molar-refractivity contribution < 1.29 is 9.90 Å². The molecule has 0 bridgehead atoms. The minimum absolute atomic E-state index is 0.0976. The normalized spacial score (nSPS) is 14.8. The van der Waals surface area contributed by atoms with E-state index in [1.807, 2.05) is 12.1 Å². The van der Waals surface area contributed by atoms with Gasteiger partial charge in [0.1, 0.15) is 5.82 Å². The lowest BCUT2D eigenvalue weighted by Gasteiger charge is -2.20. The number of carbonyl (C=O) groups is 1. The Morgan fingerprint density at radius 3 is 2.81 bits per heavy atom. The number of aryl methyl sites for hydroxylation is 2. The Hall–Kier alpha value is -2.28. The van der Waals surface area contributed by atoms with E-state index in [1.54, 1.807) is 6.08 Å². The van der Waals surface area contributed by atoms with Gasteiger partial charge in [0.05, 0.1) is 5.97 Å².